The van der Waals surface area contributed by atoms with Crippen LogP contribution in [0.25, 0.3) is 0 Å². The van der Waals surface area contributed by atoms with Crippen LogP contribution in [0.5, 0.6) is 0 Å². The normalized spacial score (nSPS) is 12.1. The molecule has 0 spiro atoms. The van der Waals surface area contributed by atoms with Crippen LogP contribution in [0.2, 0.25) is 0 Å². The molecule has 1 rings (SSSR count). The fourth-order valence-electron chi connectivity index (χ4n) is 1.48. The number of halogens is 1. The fraction of sp³-hybridized carbons (Fsp3) is 0.455. The van der Waals surface area contributed by atoms with E-state index in [1.54, 1.807) is 11.4 Å². The van der Waals surface area contributed by atoms with Crippen LogP contribution in [0.15, 0.2) is 11.4 Å². The Morgan fingerprint density at radius 3 is 2.76 bits per heavy atom. The zero-order valence-corrected chi connectivity index (χ0v) is 12.4. The summed E-state index contributed by atoms with van der Waals surface area (Å²) in [5, 5.41) is 13.3. The highest BCUT2D eigenvalue weighted by Gasteiger charge is 2.16. The van der Waals surface area contributed by atoms with Crippen molar-refractivity contribution in [3.8, 4) is 0 Å². The van der Waals surface area contributed by atoms with E-state index in [1.807, 2.05) is 6.92 Å². The highest BCUT2D eigenvalue weighted by molar-refractivity contribution is 14.1. The van der Waals surface area contributed by atoms with Gasteiger partial charge < -0.3 is 10.4 Å². The Labute approximate surface area is 118 Å². The van der Waals surface area contributed by atoms with Crippen molar-refractivity contribution in [2.45, 2.75) is 32.2 Å². The number of carboxylic acids is 1. The third-order valence-electron chi connectivity index (χ3n) is 2.22. The first kappa shape index (κ1) is 14.4. The third kappa shape index (κ3) is 5.03. The summed E-state index contributed by atoms with van der Waals surface area (Å²) in [6.07, 6.45) is 1.50. The van der Waals surface area contributed by atoms with Crippen molar-refractivity contribution in [3.63, 3.8) is 0 Å². The average molecular weight is 367 g/mol. The van der Waals surface area contributed by atoms with Crippen molar-refractivity contribution in [3.05, 3.63) is 19.9 Å². The van der Waals surface area contributed by atoms with Crippen molar-refractivity contribution in [2.24, 2.45) is 0 Å². The van der Waals surface area contributed by atoms with Gasteiger partial charge in [-0.15, -0.1) is 11.3 Å². The van der Waals surface area contributed by atoms with Crippen molar-refractivity contribution in [1.29, 1.82) is 0 Å². The van der Waals surface area contributed by atoms with Gasteiger partial charge in [-0.05, 0) is 35.1 Å². The van der Waals surface area contributed by atoms with Crippen LogP contribution in [0.1, 0.15) is 36.5 Å². The van der Waals surface area contributed by atoms with E-state index < -0.39 is 5.97 Å². The van der Waals surface area contributed by atoms with Crippen molar-refractivity contribution in [2.75, 3.05) is 0 Å². The summed E-state index contributed by atoms with van der Waals surface area (Å²) in [6, 6.07) is 1.51. The lowest BCUT2D eigenvalue weighted by molar-refractivity contribution is -0.137. The third-order valence-corrected chi connectivity index (χ3v) is 4.01. The van der Waals surface area contributed by atoms with Gasteiger partial charge >= 0.3 is 5.97 Å². The van der Waals surface area contributed by atoms with E-state index >= 15 is 0 Å². The molecule has 17 heavy (non-hydrogen) atoms. The molecule has 0 saturated heterocycles. The van der Waals surface area contributed by atoms with Gasteiger partial charge in [-0.25, -0.2) is 0 Å². The quantitative estimate of drug-likeness (QED) is 0.760. The van der Waals surface area contributed by atoms with Crippen LogP contribution < -0.4 is 5.32 Å². The highest BCUT2D eigenvalue weighted by Crippen LogP contribution is 2.17. The number of carbonyl (C=O) groups excluding carboxylic acids is 1. The number of nitrogens with one attached hydrogen (secondary N) is 1. The molecule has 0 saturated carbocycles. The summed E-state index contributed by atoms with van der Waals surface area (Å²) in [6.45, 7) is 1.97. The number of thiophene rings is 1. The van der Waals surface area contributed by atoms with Crippen LogP contribution >= 0.6 is 33.9 Å². The largest absolute Gasteiger partial charge is 0.481 e. The Bertz CT molecular complexity index is 405. The van der Waals surface area contributed by atoms with E-state index in [4.69, 9.17) is 5.11 Å². The summed E-state index contributed by atoms with van der Waals surface area (Å²) < 4.78 is 1.04. The molecule has 0 aromatic carbocycles. The lowest BCUT2D eigenvalue weighted by Gasteiger charge is -2.15. The highest BCUT2D eigenvalue weighted by atomic mass is 127. The van der Waals surface area contributed by atoms with E-state index in [9.17, 15) is 9.59 Å². The Morgan fingerprint density at radius 1 is 1.59 bits per heavy atom. The zero-order chi connectivity index (χ0) is 12.8. The number of amides is 1. The smallest absolute Gasteiger partial charge is 0.305 e. The molecule has 1 unspecified atom stereocenters. The fourth-order valence-corrected chi connectivity index (χ4v) is 2.81. The van der Waals surface area contributed by atoms with Gasteiger partial charge in [-0.2, -0.15) is 0 Å². The standard InChI is InChI=1S/C11H14INO3S/c1-2-3-8(5-10(14)15)13-11(16)7-4-9(12)17-6-7/h4,6,8H,2-3,5H2,1H3,(H,13,16)(H,14,15). The minimum absolute atomic E-state index is 0.0270. The first-order chi connectivity index (χ1) is 8.02. The van der Waals surface area contributed by atoms with Gasteiger partial charge in [0.05, 0.1) is 14.9 Å². The number of carboxylic acid groups (broad SMARTS) is 1. The first-order valence-electron chi connectivity index (χ1n) is 5.29. The van der Waals surface area contributed by atoms with Gasteiger partial charge in [0, 0.05) is 11.4 Å². The lowest BCUT2D eigenvalue weighted by atomic mass is 10.1. The van der Waals surface area contributed by atoms with Crippen LogP contribution in [-0.2, 0) is 4.79 Å². The second-order valence-corrected chi connectivity index (χ2v) is 6.50. The number of rotatable bonds is 6. The molecule has 1 atom stereocenters. The van der Waals surface area contributed by atoms with Crippen LogP contribution in [0, 0.1) is 2.88 Å². The molecule has 94 valence electrons. The molecular formula is C11H14INO3S. The SMILES string of the molecule is CCCC(CC(=O)O)NC(=O)c1csc(I)c1. The molecule has 1 amide bonds. The van der Waals surface area contributed by atoms with Gasteiger partial charge in [0.1, 0.15) is 0 Å². The number of carbonyl (C=O) groups is 2. The molecule has 1 aromatic rings. The summed E-state index contributed by atoms with van der Waals surface area (Å²) in [4.78, 5) is 22.5. The van der Waals surface area contributed by atoms with Crippen LogP contribution in [0.4, 0.5) is 0 Å². The summed E-state index contributed by atoms with van der Waals surface area (Å²) in [7, 11) is 0. The monoisotopic (exact) mass is 367 g/mol. The Morgan fingerprint density at radius 2 is 2.29 bits per heavy atom. The maximum Gasteiger partial charge on any atom is 0.305 e. The Kier molecular flexibility index (Phi) is 5.90. The van der Waals surface area contributed by atoms with Gasteiger partial charge in [-0.1, -0.05) is 13.3 Å². The predicted octanol–water partition coefficient (Wildman–Crippen LogP) is 2.73. The molecule has 0 aliphatic rings. The molecule has 2 N–H and O–H groups in total. The Balaban J connectivity index is 2.60. The molecule has 1 aromatic heterocycles. The zero-order valence-electron chi connectivity index (χ0n) is 9.40. The average Bonchev–Trinajstić information content (AvgIpc) is 2.64. The summed E-state index contributed by atoms with van der Waals surface area (Å²) >= 11 is 3.65. The maximum atomic E-state index is 11.8. The molecule has 0 bridgehead atoms. The second-order valence-electron chi connectivity index (χ2n) is 3.70. The van der Waals surface area contributed by atoms with Crippen molar-refractivity contribution in [1.82, 2.24) is 5.32 Å². The molecule has 0 aliphatic heterocycles. The second kappa shape index (κ2) is 6.95. The molecule has 0 radical (unpaired) electrons. The van der Waals surface area contributed by atoms with E-state index in [-0.39, 0.29) is 18.4 Å². The lowest BCUT2D eigenvalue weighted by Crippen LogP contribution is -2.36. The molecule has 0 aliphatic carbocycles. The topological polar surface area (TPSA) is 66.4 Å². The number of aliphatic carboxylic acids is 1. The van der Waals surface area contributed by atoms with Crippen LogP contribution in [-0.4, -0.2) is 23.0 Å². The summed E-state index contributed by atoms with van der Waals surface area (Å²) in [5.74, 6) is -1.08. The summed E-state index contributed by atoms with van der Waals surface area (Å²) in [5.41, 5.74) is 0.603. The Hall–Kier alpha value is -0.630. The molecule has 0 fully saturated rings. The van der Waals surface area contributed by atoms with E-state index in [0.717, 1.165) is 9.30 Å². The van der Waals surface area contributed by atoms with Gasteiger partial charge in [0.25, 0.3) is 5.91 Å². The molecule has 4 nitrogen and oxygen atoms in total. The number of hydrogen-bond acceptors (Lipinski definition) is 3. The van der Waals surface area contributed by atoms with E-state index in [2.05, 4.69) is 27.9 Å². The van der Waals surface area contributed by atoms with Gasteiger partial charge in [0.2, 0.25) is 0 Å². The first-order valence-corrected chi connectivity index (χ1v) is 7.25. The van der Waals surface area contributed by atoms with Gasteiger partial charge in [0.15, 0.2) is 0 Å². The predicted molar refractivity (Wildman–Crippen MR) is 75.5 cm³/mol. The minimum atomic E-state index is -0.886. The molecular weight excluding hydrogens is 353 g/mol. The maximum absolute atomic E-state index is 11.8. The number of hydrogen-bond donors (Lipinski definition) is 2. The van der Waals surface area contributed by atoms with Gasteiger partial charge in [-0.3, -0.25) is 9.59 Å². The van der Waals surface area contributed by atoms with E-state index in [1.165, 1.54) is 11.3 Å². The van der Waals surface area contributed by atoms with Crippen molar-refractivity contribution >= 4 is 45.8 Å². The minimum Gasteiger partial charge on any atom is -0.481 e. The van der Waals surface area contributed by atoms with E-state index in [0.29, 0.717) is 12.0 Å². The van der Waals surface area contributed by atoms with Crippen molar-refractivity contribution < 1.29 is 14.7 Å². The molecule has 6 heteroatoms. The molecule has 1 heterocycles. The van der Waals surface area contributed by atoms with Crippen LogP contribution in [0.3, 0.4) is 0 Å².